The van der Waals surface area contributed by atoms with E-state index in [1.54, 1.807) is 12.0 Å². The molecule has 2 heterocycles. The maximum Gasteiger partial charge on any atom is 0.317 e. The first kappa shape index (κ1) is 16.5. The Morgan fingerprint density at radius 1 is 1.29 bits per heavy atom. The van der Waals surface area contributed by atoms with Gasteiger partial charge >= 0.3 is 6.03 Å². The van der Waals surface area contributed by atoms with Crippen LogP contribution < -0.4 is 5.32 Å². The Kier molecular flexibility index (Phi) is 5.83. The van der Waals surface area contributed by atoms with Gasteiger partial charge in [0.15, 0.2) is 9.84 Å². The van der Waals surface area contributed by atoms with Crippen molar-refractivity contribution in [2.75, 3.05) is 57.9 Å². The standard InChI is InChI=1S/C13H25N3O4S/c1-20-9-8-15-4-2-5-16(7-6-15)13(17)14-12-3-10-21(18,19)11-12/h12H,2-11H2,1H3,(H,14,17)/t12-/m0/s1. The van der Waals surface area contributed by atoms with Crippen LogP contribution in [0.25, 0.3) is 0 Å². The van der Waals surface area contributed by atoms with Crippen molar-refractivity contribution in [2.45, 2.75) is 18.9 Å². The second-order valence-corrected chi connectivity index (χ2v) is 7.95. The number of ether oxygens (including phenoxy) is 1. The molecule has 21 heavy (non-hydrogen) atoms. The zero-order valence-corrected chi connectivity index (χ0v) is 13.4. The average molecular weight is 319 g/mol. The fourth-order valence-electron chi connectivity index (χ4n) is 2.79. The minimum atomic E-state index is -2.95. The number of carbonyl (C=O) groups excluding carboxylic acids is 1. The maximum atomic E-state index is 12.2. The lowest BCUT2D eigenvalue weighted by atomic mass is 10.3. The van der Waals surface area contributed by atoms with Gasteiger partial charge in [0.05, 0.1) is 18.1 Å². The third-order valence-electron chi connectivity index (χ3n) is 4.05. The summed E-state index contributed by atoms with van der Waals surface area (Å²) < 4.78 is 27.9. The first-order valence-corrected chi connectivity index (χ1v) is 9.29. The van der Waals surface area contributed by atoms with E-state index in [2.05, 4.69) is 10.2 Å². The van der Waals surface area contributed by atoms with Gasteiger partial charge in [0.25, 0.3) is 0 Å². The van der Waals surface area contributed by atoms with Crippen LogP contribution in [0.2, 0.25) is 0 Å². The van der Waals surface area contributed by atoms with Gasteiger partial charge in [-0.15, -0.1) is 0 Å². The van der Waals surface area contributed by atoms with Crippen LogP contribution in [-0.4, -0.2) is 88.2 Å². The van der Waals surface area contributed by atoms with E-state index in [-0.39, 0.29) is 23.6 Å². The van der Waals surface area contributed by atoms with Crippen molar-refractivity contribution in [1.29, 1.82) is 0 Å². The fourth-order valence-corrected chi connectivity index (χ4v) is 4.47. The summed E-state index contributed by atoms with van der Waals surface area (Å²) in [5.74, 6) is 0.259. The van der Waals surface area contributed by atoms with Crippen LogP contribution in [0.4, 0.5) is 4.79 Å². The van der Waals surface area contributed by atoms with Crippen LogP contribution in [0.1, 0.15) is 12.8 Å². The van der Waals surface area contributed by atoms with Crippen LogP contribution >= 0.6 is 0 Å². The molecule has 1 N–H and O–H groups in total. The topological polar surface area (TPSA) is 79.0 Å². The highest BCUT2D eigenvalue weighted by Crippen LogP contribution is 2.12. The molecule has 2 aliphatic rings. The molecule has 0 unspecified atom stereocenters. The van der Waals surface area contributed by atoms with Crippen LogP contribution in [0, 0.1) is 0 Å². The van der Waals surface area contributed by atoms with E-state index in [4.69, 9.17) is 4.74 Å². The Labute approximate surface area is 126 Å². The van der Waals surface area contributed by atoms with Crippen molar-refractivity contribution >= 4 is 15.9 Å². The number of hydrogen-bond donors (Lipinski definition) is 1. The van der Waals surface area contributed by atoms with Gasteiger partial charge in [0.2, 0.25) is 0 Å². The number of sulfone groups is 1. The molecule has 8 heteroatoms. The number of rotatable bonds is 4. The zero-order chi connectivity index (χ0) is 15.3. The summed E-state index contributed by atoms with van der Waals surface area (Å²) in [6, 6.07) is -0.360. The number of hydrogen-bond acceptors (Lipinski definition) is 5. The Morgan fingerprint density at radius 3 is 2.76 bits per heavy atom. The van der Waals surface area contributed by atoms with Gasteiger partial charge in [-0.25, -0.2) is 13.2 Å². The molecule has 0 aromatic heterocycles. The van der Waals surface area contributed by atoms with E-state index < -0.39 is 9.84 Å². The predicted molar refractivity (Wildman–Crippen MR) is 80.1 cm³/mol. The molecule has 0 aromatic carbocycles. The smallest absolute Gasteiger partial charge is 0.317 e. The summed E-state index contributed by atoms with van der Waals surface area (Å²) in [5.41, 5.74) is 0. The molecule has 2 amide bonds. The highest BCUT2D eigenvalue weighted by Gasteiger charge is 2.30. The molecule has 2 aliphatic heterocycles. The van der Waals surface area contributed by atoms with E-state index in [0.717, 1.165) is 32.6 Å². The summed E-state index contributed by atoms with van der Waals surface area (Å²) >= 11 is 0. The van der Waals surface area contributed by atoms with E-state index in [1.165, 1.54) is 0 Å². The lowest BCUT2D eigenvalue weighted by molar-refractivity contribution is 0.149. The molecular formula is C13H25N3O4S. The molecule has 2 rings (SSSR count). The molecule has 0 radical (unpaired) electrons. The molecule has 2 saturated heterocycles. The van der Waals surface area contributed by atoms with E-state index in [0.29, 0.717) is 19.6 Å². The van der Waals surface area contributed by atoms with Crippen LogP contribution in [0.5, 0.6) is 0 Å². The molecule has 0 spiro atoms. The second kappa shape index (κ2) is 7.42. The molecular weight excluding hydrogens is 294 g/mol. The predicted octanol–water partition coefficient (Wildman–Crippen LogP) is -0.463. The monoisotopic (exact) mass is 319 g/mol. The van der Waals surface area contributed by atoms with Crippen molar-refractivity contribution in [3.63, 3.8) is 0 Å². The van der Waals surface area contributed by atoms with Crippen LogP contribution in [0.3, 0.4) is 0 Å². The number of methoxy groups -OCH3 is 1. The lowest BCUT2D eigenvalue weighted by Crippen LogP contribution is -2.46. The van der Waals surface area contributed by atoms with Gasteiger partial charge in [-0.1, -0.05) is 0 Å². The summed E-state index contributed by atoms with van der Waals surface area (Å²) in [5, 5.41) is 2.85. The van der Waals surface area contributed by atoms with Gasteiger partial charge < -0.3 is 15.0 Å². The second-order valence-electron chi connectivity index (χ2n) is 5.72. The van der Waals surface area contributed by atoms with Gasteiger partial charge in [0.1, 0.15) is 0 Å². The molecule has 7 nitrogen and oxygen atoms in total. The van der Waals surface area contributed by atoms with Gasteiger partial charge in [-0.2, -0.15) is 0 Å². The van der Waals surface area contributed by atoms with Crippen molar-refractivity contribution in [3.8, 4) is 0 Å². The molecule has 1 atom stereocenters. The summed E-state index contributed by atoms with van der Waals surface area (Å²) in [6.07, 6.45) is 1.46. The normalized spacial score (nSPS) is 26.5. The highest BCUT2D eigenvalue weighted by molar-refractivity contribution is 7.91. The Hall–Kier alpha value is -0.860. The Balaban J connectivity index is 1.78. The number of nitrogens with zero attached hydrogens (tertiary/aromatic N) is 2. The fraction of sp³-hybridized carbons (Fsp3) is 0.923. The minimum absolute atomic E-state index is 0.0759. The van der Waals surface area contributed by atoms with E-state index in [1.807, 2.05) is 0 Å². The minimum Gasteiger partial charge on any atom is -0.383 e. The first-order valence-electron chi connectivity index (χ1n) is 7.47. The molecule has 0 bridgehead atoms. The number of urea groups is 1. The average Bonchev–Trinajstić information content (AvgIpc) is 2.65. The van der Waals surface area contributed by atoms with E-state index in [9.17, 15) is 13.2 Å². The van der Waals surface area contributed by atoms with Gasteiger partial charge in [-0.3, -0.25) is 4.90 Å². The molecule has 122 valence electrons. The number of nitrogens with one attached hydrogen (secondary N) is 1. The molecule has 2 fully saturated rings. The van der Waals surface area contributed by atoms with Gasteiger partial charge in [-0.05, 0) is 19.4 Å². The first-order chi connectivity index (χ1) is 10.00. The summed E-state index contributed by atoms with van der Waals surface area (Å²) in [4.78, 5) is 16.3. The zero-order valence-electron chi connectivity index (χ0n) is 12.6. The summed E-state index contributed by atoms with van der Waals surface area (Å²) in [6.45, 7) is 4.77. The third kappa shape index (κ3) is 5.12. The summed E-state index contributed by atoms with van der Waals surface area (Å²) in [7, 11) is -1.27. The molecule has 0 saturated carbocycles. The van der Waals surface area contributed by atoms with Crippen LogP contribution in [-0.2, 0) is 14.6 Å². The number of carbonyl (C=O) groups is 1. The largest absolute Gasteiger partial charge is 0.383 e. The van der Waals surface area contributed by atoms with Crippen molar-refractivity contribution in [3.05, 3.63) is 0 Å². The molecule has 0 aromatic rings. The SMILES string of the molecule is COCCN1CCCN(C(=O)N[C@H]2CCS(=O)(=O)C2)CC1. The quantitative estimate of drug-likeness (QED) is 0.758. The maximum absolute atomic E-state index is 12.2. The van der Waals surface area contributed by atoms with Crippen molar-refractivity contribution in [1.82, 2.24) is 15.1 Å². The number of amides is 2. The van der Waals surface area contributed by atoms with Crippen molar-refractivity contribution in [2.24, 2.45) is 0 Å². The van der Waals surface area contributed by atoms with Crippen molar-refractivity contribution < 1.29 is 17.9 Å². The highest BCUT2D eigenvalue weighted by atomic mass is 32.2. The van der Waals surface area contributed by atoms with E-state index >= 15 is 0 Å². The Bertz CT molecular complexity index is 454. The van der Waals surface area contributed by atoms with Crippen LogP contribution in [0.15, 0.2) is 0 Å². The molecule has 0 aliphatic carbocycles. The van der Waals surface area contributed by atoms with Gasteiger partial charge in [0, 0.05) is 39.3 Å². The third-order valence-corrected chi connectivity index (χ3v) is 5.82. The Morgan fingerprint density at radius 2 is 2.10 bits per heavy atom. The lowest BCUT2D eigenvalue weighted by Gasteiger charge is -2.23.